The van der Waals surface area contributed by atoms with E-state index < -0.39 is 15.9 Å². The van der Waals surface area contributed by atoms with E-state index in [1.807, 2.05) is 13.0 Å². The number of amides is 2. The molecule has 26 heavy (non-hydrogen) atoms. The molecule has 1 heterocycles. The van der Waals surface area contributed by atoms with Crippen LogP contribution in [0.5, 0.6) is 0 Å². The van der Waals surface area contributed by atoms with Gasteiger partial charge in [-0.05, 0) is 43.8 Å². The first-order valence-electron chi connectivity index (χ1n) is 7.58. The van der Waals surface area contributed by atoms with Crippen molar-refractivity contribution < 1.29 is 18.0 Å². The van der Waals surface area contributed by atoms with Crippen LogP contribution in [-0.2, 0) is 21.9 Å². The van der Waals surface area contributed by atoms with Crippen molar-refractivity contribution in [3.05, 3.63) is 46.2 Å². The van der Waals surface area contributed by atoms with Gasteiger partial charge in [0.15, 0.2) is 0 Å². The molecule has 0 aliphatic rings. The second-order valence-electron chi connectivity index (χ2n) is 5.57. The van der Waals surface area contributed by atoms with Gasteiger partial charge < -0.3 is 15.2 Å². The zero-order chi connectivity index (χ0) is 19.5. The van der Waals surface area contributed by atoms with Gasteiger partial charge in [-0.3, -0.25) is 9.59 Å². The SMILES string of the molecule is CNS(=O)(=O)c1cc(C(=O)NCC(=O)Nc2ccc(Br)cc2C)n(C)c1. The second kappa shape index (κ2) is 8.02. The number of carbonyl (C=O) groups excluding carboxylic acids is 2. The van der Waals surface area contributed by atoms with Gasteiger partial charge in [-0.15, -0.1) is 0 Å². The molecule has 2 amide bonds. The normalized spacial score (nSPS) is 11.2. The number of aryl methyl sites for hydroxylation is 2. The van der Waals surface area contributed by atoms with Crippen LogP contribution in [0.15, 0.2) is 39.8 Å². The van der Waals surface area contributed by atoms with Crippen LogP contribution in [0.3, 0.4) is 0 Å². The molecule has 1 aromatic heterocycles. The van der Waals surface area contributed by atoms with Gasteiger partial charge in [0, 0.05) is 23.4 Å². The molecule has 1 aromatic carbocycles. The van der Waals surface area contributed by atoms with Crippen molar-refractivity contribution in [3.63, 3.8) is 0 Å². The van der Waals surface area contributed by atoms with Crippen LogP contribution in [0.2, 0.25) is 0 Å². The van der Waals surface area contributed by atoms with Gasteiger partial charge in [-0.2, -0.15) is 0 Å². The molecule has 0 unspecified atom stereocenters. The molecule has 8 nitrogen and oxygen atoms in total. The van der Waals surface area contributed by atoms with Crippen LogP contribution < -0.4 is 15.4 Å². The molecule has 0 aliphatic heterocycles. The Kier molecular flexibility index (Phi) is 6.21. The average molecular weight is 443 g/mol. The quantitative estimate of drug-likeness (QED) is 0.627. The molecular formula is C16H19BrN4O4S. The third-order valence-corrected chi connectivity index (χ3v) is 5.54. The first-order valence-corrected chi connectivity index (χ1v) is 9.86. The highest BCUT2D eigenvalue weighted by atomic mass is 79.9. The number of aromatic nitrogens is 1. The number of nitrogens with zero attached hydrogens (tertiary/aromatic N) is 1. The van der Waals surface area contributed by atoms with Crippen molar-refractivity contribution in [2.24, 2.45) is 7.05 Å². The predicted molar refractivity (Wildman–Crippen MR) is 102 cm³/mol. The Labute approximate surface area is 160 Å². The summed E-state index contributed by atoms with van der Waals surface area (Å²) < 4.78 is 28.1. The van der Waals surface area contributed by atoms with Crippen LogP contribution in [0.4, 0.5) is 5.69 Å². The van der Waals surface area contributed by atoms with E-state index >= 15 is 0 Å². The summed E-state index contributed by atoms with van der Waals surface area (Å²) in [6.07, 6.45) is 1.33. The van der Waals surface area contributed by atoms with E-state index in [0.717, 1.165) is 10.0 Å². The van der Waals surface area contributed by atoms with Crippen LogP contribution in [-0.4, -0.2) is 38.4 Å². The van der Waals surface area contributed by atoms with Crippen LogP contribution in [0.1, 0.15) is 16.1 Å². The summed E-state index contributed by atoms with van der Waals surface area (Å²) in [5.74, 6) is -0.936. The van der Waals surface area contributed by atoms with E-state index in [2.05, 4.69) is 31.3 Å². The maximum atomic E-state index is 12.2. The second-order valence-corrected chi connectivity index (χ2v) is 8.37. The topological polar surface area (TPSA) is 109 Å². The fraction of sp³-hybridized carbons (Fsp3) is 0.250. The number of halogens is 1. The number of hydrogen-bond acceptors (Lipinski definition) is 4. The lowest BCUT2D eigenvalue weighted by molar-refractivity contribution is -0.115. The van der Waals surface area contributed by atoms with Gasteiger partial charge in [0.05, 0.1) is 6.54 Å². The highest BCUT2D eigenvalue weighted by molar-refractivity contribution is 9.10. The largest absolute Gasteiger partial charge is 0.345 e. The highest BCUT2D eigenvalue weighted by Gasteiger charge is 2.19. The average Bonchev–Trinajstić information content (AvgIpc) is 2.98. The number of carbonyl (C=O) groups is 2. The van der Waals surface area contributed by atoms with Gasteiger partial charge >= 0.3 is 0 Å². The van der Waals surface area contributed by atoms with E-state index in [-0.39, 0.29) is 23.0 Å². The molecule has 140 valence electrons. The van der Waals surface area contributed by atoms with E-state index in [0.29, 0.717) is 5.69 Å². The summed E-state index contributed by atoms with van der Waals surface area (Å²) >= 11 is 3.35. The minimum Gasteiger partial charge on any atom is -0.345 e. The van der Waals surface area contributed by atoms with Crippen LogP contribution in [0.25, 0.3) is 0 Å². The molecule has 10 heteroatoms. The minimum absolute atomic E-state index is 0.0254. The van der Waals surface area contributed by atoms with Gasteiger partial charge in [0.25, 0.3) is 5.91 Å². The van der Waals surface area contributed by atoms with E-state index in [1.165, 1.54) is 23.9 Å². The van der Waals surface area contributed by atoms with Crippen molar-refractivity contribution >= 4 is 43.5 Å². The molecule has 3 N–H and O–H groups in total. The third kappa shape index (κ3) is 4.71. The molecule has 0 bridgehead atoms. The Morgan fingerprint density at radius 2 is 1.92 bits per heavy atom. The smallest absolute Gasteiger partial charge is 0.268 e. The molecule has 0 fully saturated rings. The lowest BCUT2D eigenvalue weighted by atomic mass is 10.2. The van der Waals surface area contributed by atoms with Gasteiger partial charge in [0.1, 0.15) is 10.6 Å². The van der Waals surface area contributed by atoms with Crippen molar-refractivity contribution in [1.82, 2.24) is 14.6 Å². The molecule has 0 aliphatic carbocycles. The number of rotatable bonds is 6. The number of anilines is 1. The molecule has 0 spiro atoms. The zero-order valence-electron chi connectivity index (χ0n) is 14.5. The summed E-state index contributed by atoms with van der Waals surface area (Å²) in [6.45, 7) is 1.61. The molecule has 2 rings (SSSR count). The maximum Gasteiger partial charge on any atom is 0.268 e. The Hall–Kier alpha value is -2.17. The fourth-order valence-electron chi connectivity index (χ4n) is 2.24. The first kappa shape index (κ1) is 20.1. The Bertz CT molecular complexity index is 953. The van der Waals surface area contributed by atoms with E-state index in [4.69, 9.17) is 0 Å². The first-order chi connectivity index (χ1) is 12.1. The summed E-state index contributed by atoms with van der Waals surface area (Å²) in [5.41, 5.74) is 1.66. The molecule has 0 saturated heterocycles. The summed E-state index contributed by atoms with van der Waals surface area (Å²) in [5, 5.41) is 5.19. The zero-order valence-corrected chi connectivity index (χ0v) is 16.9. The molecule has 0 saturated carbocycles. The molecule has 0 radical (unpaired) electrons. The Balaban J connectivity index is 2.01. The number of nitrogens with one attached hydrogen (secondary N) is 3. The van der Waals surface area contributed by atoms with Gasteiger partial charge in [-0.25, -0.2) is 13.1 Å². The monoisotopic (exact) mass is 442 g/mol. The van der Waals surface area contributed by atoms with E-state index in [1.54, 1.807) is 19.2 Å². The van der Waals surface area contributed by atoms with Crippen LogP contribution in [0, 0.1) is 6.92 Å². The molecule has 2 aromatic rings. The Morgan fingerprint density at radius 3 is 2.54 bits per heavy atom. The van der Waals surface area contributed by atoms with Crippen molar-refractivity contribution in [2.75, 3.05) is 18.9 Å². The summed E-state index contributed by atoms with van der Waals surface area (Å²) in [4.78, 5) is 24.2. The summed E-state index contributed by atoms with van der Waals surface area (Å²) in [7, 11) is -0.809. The lowest BCUT2D eigenvalue weighted by Gasteiger charge is -2.10. The van der Waals surface area contributed by atoms with Crippen molar-refractivity contribution in [3.8, 4) is 0 Å². The number of sulfonamides is 1. The standard InChI is InChI=1S/C16H19BrN4O4S/c1-10-6-11(17)4-5-13(10)20-15(22)8-19-16(23)14-7-12(9-21(14)3)26(24,25)18-2/h4-7,9,18H,8H2,1-3H3,(H,19,23)(H,20,22). The number of hydrogen-bond donors (Lipinski definition) is 3. The predicted octanol–water partition coefficient (Wildman–Crippen LogP) is 1.37. The Morgan fingerprint density at radius 1 is 1.23 bits per heavy atom. The van der Waals surface area contributed by atoms with Crippen molar-refractivity contribution in [1.29, 1.82) is 0 Å². The minimum atomic E-state index is -3.65. The van der Waals surface area contributed by atoms with Gasteiger partial charge in [0.2, 0.25) is 15.9 Å². The van der Waals surface area contributed by atoms with Crippen LogP contribution >= 0.6 is 15.9 Å². The third-order valence-electron chi connectivity index (χ3n) is 3.66. The molecular weight excluding hydrogens is 424 g/mol. The fourth-order valence-corrected chi connectivity index (χ4v) is 3.51. The molecule has 0 atom stereocenters. The lowest BCUT2D eigenvalue weighted by Crippen LogP contribution is -2.33. The highest BCUT2D eigenvalue weighted by Crippen LogP contribution is 2.19. The van der Waals surface area contributed by atoms with Crippen molar-refractivity contribution in [2.45, 2.75) is 11.8 Å². The van der Waals surface area contributed by atoms with E-state index in [9.17, 15) is 18.0 Å². The number of benzene rings is 1. The summed E-state index contributed by atoms with van der Waals surface area (Å²) in [6, 6.07) is 6.67. The van der Waals surface area contributed by atoms with Gasteiger partial charge in [-0.1, -0.05) is 15.9 Å². The maximum absolute atomic E-state index is 12.2.